The Kier molecular flexibility index (Phi) is 12.4. The maximum atomic E-state index is 2.41. The lowest BCUT2D eigenvalue weighted by molar-refractivity contribution is 0.662. The Bertz CT molecular complexity index is 5470. The molecule has 0 nitrogen and oxygen atoms in total. The smallest absolute Gasteiger partial charge is 0.0165 e. The van der Waals surface area contributed by atoms with E-state index in [1.807, 2.05) is 0 Å². The first-order valence-corrected chi connectivity index (χ1v) is 31.7. The van der Waals surface area contributed by atoms with Crippen molar-refractivity contribution in [3.8, 4) is 89.0 Å². The molecule has 0 aromatic heterocycles. The number of rotatable bonds is 6. The molecule has 424 valence electrons. The molecule has 18 rings (SSSR count). The first-order valence-electron chi connectivity index (χ1n) is 31.7. The largest absolute Gasteiger partial charge is 0.0622 e. The van der Waals surface area contributed by atoms with Crippen molar-refractivity contribution in [1.29, 1.82) is 0 Å². The fraction of sp³-hybridized carbons (Fsp3) is 0.0667. The van der Waals surface area contributed by atoms with Crippen LogP contribution in [-0.4, -0.2) is 0 Å². The maximum absolute atomic E-state index is 2.41. The lowest BCUT2D eigenvalue weighted by atomic mass is 9.76. The highest BCUT2D eigenvalue weighted by molar-refractivity contribution is 6.26. The number of benzene rings is 16. The summed E-state index contributed by atoms with van der Waals surface area (Å²) in [6.45, 7) is 9.56. The van der Waals surface area contributed by atoms with Gasteiger partial charge in [0, 0.05) is 10.8 Å². The van der Waals surface area contributed by atoms with E-state index in [9.17, 15) is 0 Å². The second kappa shape index (κ2) is 20.9. The molecular formula is C90H64. The number of fused-ring (bicyclic) bond motifs is 12. The van der Waals surface area contributed by atoms with Crippen molar-refractivity contribution >= 4 is 64.6 Å². The molecule has 0 N–H and O–H groups in total. The molecule has 0 saturated carbocycles. The van der Waals surface area contributed by atoms with Gasteiger partial charge in [0.1, 0.15) is 0 Å². The van der Waals surface area contributed by atoms with Gasteiger partial charge in [-0.1, -0.05) is 331 Å². The van der Waals surface area contributed by atoms with Crippen LogP contribution < -0.4 is 0 Å². The van der Waals surface area contributed by atoms with Gasteiger partial charge in [0.25, 0.3) is 0 Å². The third kappa shape index (κ3) is 8.14. The zero-order chi connectivity index (χ0) is 60.2. The van der Waals surface area contributed by atoms with Crippen molar-refractivity contribution in [2.45, 2.75) is 38.5 Å². The summed E-state index contributed by atoms with van der Waals surface area (Å²) in [4.78, 5) is 0. The van der Waals surface area contributed by atoms with Gasteiger partial charge < -0.3 is 0 Å². The van der Waals surface area contributed by atoms with Gasteiger partial charge in [0.05, 0.1) is 0 Å². The standard InChI is InChI=1S/2C45H32/c1-45(2)41-26-13-12-19-33(41)38-24-14-25-39(44(38)45)43-36-22-10-8-20-34(36)42(35-21-9-11-23-37(35)43)31-27-30-17-6-7-18-32(30)40(28-31)29-15-4-3-5-16-29;1-45(2)40-26-13-12-19-33(40)38-24-14-25-39(44(38)45)41-34-20-8-10-22-36(34)43(37-23-11-9-21-35(37)41)42-31-18-7-6-17-30(31)27-28-32(42)29-15-4-3-5-16-29/h2*3-28H,1-2H3. The van der Waals surface area contributed by atoms with Gasteiger partial charge in [-0.15, -0.1) is 0 Å². The van der Waals surface area contributed by atoms with E-state index in [0.29, 0.717) is 0 Å². The summed E-state index contributed by atoms with van der Waals surface area (Å²) in [6.07, 6.45) is 0. The minimum atomic E-state index is -0.112. The summed E-state index contributed by atoms with van der Waals surface area (Å²) < 4.78 is 0. The fourth-order valence-electron chi connectivity index (χ4n) is 16.2. The van der Waals surface area contributed by atoms with Gasteiger partial charge in [0.15, 0.2) is 0 Å². The second-order valence-electron chi connectivity index (χ2n) is 25.7. The maximum Gasteiger partial charge on any atom is 0.0165 e. The Morgan fingerprint density at radius 1 is 0.178 bits per heavy atom. The quantitative estimate of drug-likeness (QED) is 0.146. The average Bonchev–Trinajstić information content (AvgIpc) is 1.26. The van der Waals surface area contributed by atoms with E-state index in [0.717, 1.165) is 0 Å². The molecule has 2 aliphatic carbocycles. The Morgan fingerprint density at radius 3 is 1.00 bits per heavy atom. The molecule has 16 aromatic rings. The van der Waals surface area contributed by atoms with Crippen molar-refractivity contribution in [3.63, 3.8) is 0 Å². The lowest BCUT2D eigenvalue weighted by Gasteiger charge is -2.27. The van der Waals surface area contributed by atoms with Crippen LogP contribution in [-0.2, 0) is 10.8 Å². The van der Waals surface area contributed by atoms with Crippen LogP contribution in [0.25, 0.3) is 154 Å². The van der Waals surface area contributed by atoms with Crippen LogP contribution in [0.2, 0.25) is 0 Å². The molecule has 0 bridgehead atoms. The minimum Gasteiger partial charge on any atom is -0.0622 e. The molecule has 2 aliphatic rings. The first kappa shape index (κ1) is 53.3. The van der Waals surface area contributed by atoms with Crippen LogP contribution in [0.15, 0.2) is 315 Å². The minimum absolute atomic E-state index is 0.105. The van der Waals surface area contributed by atoms with Gasteiger partial charge in [-0.2, -0.15) is 0 Å². The van der Waals surface area contributed by atoms with Crippen molar-refractivity contribution in [1.82, 2.24) is 0 Å². The van der Waals surface area contributed by atoms with E-state index in [1.165, 1.54) is 176 Å². The second-order valence-corrected chi connectivity index (χ2v) is 25.7. The molecule has 90 heavy (non-hydrogen) atoms. The summed E-state index contributed by atoms with van der Waals surface area (Å²) in [6, 6.07) is 117. The Labute approximate surface area is 526 Å². The normalized spacial score (nSPS) is 13.3. The SMILES string of the molecule is CC1(C)c2ccccc2-c2cccc(-c3c4ccccc4c(-c4c(-c5ccccc5)ccc5ccccc45)c4ccccc34)c21.CC1(C)c2ccccc2-c2cccc(-c3c4ccccc4c(-c4cc(-c5ccccc5)c5ccccc5c4)c4ccccc34)c21. The summed E-state index contributed by atoms with van der Waals surface area (Å²) in [5.74, 6) is 0. The number of hydrogen-bond acceptors (Lipinski definition) is 0. The molecular weight excluding hydrogens is 1080 g/mol. The molecule has 0 amide bonds. The molecule has 0 fully saturated rings. The van der Waals surface area contributed by atoms with Crippen LogP contribution >= 0.6 is 0 Å². The van der Waals surface area contributed by atoms with E-state index in [-0.39, 0.29) is 10.8 Å². The fourth-order valence-corrected chi connectivity index (χ4v) is 16.2. The third-order valence-corrected chi connectivity index (χ3v) is 20.1. The molecule has 0 saturated heterocycles. The van der Waals surface area contributed by atoms with Crippen LogP contribution in [0.1, 0.15) is 49.9 Å². The molecule has 0 atom stereocenters. The topological polar surface area (TPSA) is 0 Å². The Morgan fingerprint density at radius 2 is 0.522 bits per heavy atom. The molecule has 0 heterocycles. The average molecular weight is 1150 g/mol. The summed E-state index contributed by atoms with van der Waals surface area (Å²) in [5.41, 5.74) is 26.3. The number of hydrogen-bond donors (Lipinski definition) is 0. The van der Waals surface area contributed by atoms with E-state index < -0.39 is 0 Å². The van der Waals surface area contributed by atoms with Crippen molar-refractivity contribution in [2.24, 2.45) is 0 Å². The van der Waals surface area contributed by atoms with Crippen LogP contribution in [0.4, 0.5) is 0 Å². The molecule has 0 spiro atoms. The van der Waals surface area contributed by atoms with Gasteiger partial charge in [-0.25, -0.2) is 0 Å². The lowest BCUT2D eigenvalue weighted by Crippen LogP contribution is -2.16. The molecule has 16 aromatic carbocycles. The summed E-state index contributed by atoms with van der Waals surface area (Å²) in [5, 5.41) is 15.4. The zero-order valence-corrected chi connectivity index (χ0v) is 51.0. The zero-order valence-electron chi connectivity index (χ0n) is 51.0. The predicted octanol–water partition coefficient (Wildman–Crippen LogP) is 24.9. The Balaban J connectivity index is 0.000000139. The van der Waals surface area contributed by atoms with Gasteiger partial charge in [-0.3, -0.25) is 0 Å². The van der Waals surface area contributed by atoms with E-state index in [4.69, 9.17) is 0 Å². The van der Waals surface area contributed by atoms with Gasteiger partial charge >= 0.3 is 0 Å². The molecule has 0 heteroatoms. The highest BCUT2D eigenvalue weighted by Gasteiger charge is 2.40. The first-order chi connectivity index (χ1) is 44.2. The Hall–Kier alpha value is -10.9. The van der Waals surface area contributed by atoms with Crippen molar-refractivity contribution in [2.75, 3.05) is 0 Å². The van der Waals surface area contributed by atoms with E-state index in [1.54, 1.807) is 0 Å². The van der Waals surface area contributed by atoms with Gasteiger partial charge in [-0.05, 0) is 188 Å². The van der Waals surface area contributed by atoms with Crippen LogP contribution in [0, 0.1) is 0 Å². The van der Waals surface area contributed by atoms with Crippen LogP contribution in [0.5, 0.6) is 0 Å². The van der Waals surface area contributed by atoms with Crippen molar-refractivity contribution < 1.29 is 0 Å². The highest BCUT2D eigenvalue weighted by Crippen LogP contribution is 2.57. The van der Waals surface area contributed by atoms with E-state index in [2.05, 4.69) is 343 Å². The third-order valence-electron chi connectivity index (χ3n) is 20.1. The monoisotopic (exact) mass is 1140 g/mol. The molecule has 0 unspecified atom stereocenters. The highest BCUT2D eigenvalue weighted by atomic mass is 14.4. The van der Waals surface area contributed by atoms with Crippen molar-refractivity contribution in [3.05, 3.63) is 338 Å². The summed E-state index contributed by atoms with van der Waals surface area (Å²) >= 11 is 0. The van der Waals surface area contributed by atoms with Gasteiger partial charge in [0.2, 0.25) is 0 Å². The predicted molar refractivity (Wildman–Crippen MR) is 386 cm³/mol. The molecule has 0 aliphatic heterocycles. The molecule has 0 radical (unpaired) electrons. The van der Waals surface area contributed by atoms with E-state index >= 15 is 0 Å². The van der Waals surface area contributed by atoms with Crippen LogP contribution in [0.3, 0.4) is 0 Å². The summed E-state index contributed by atoms with van der Waals surface area (Å²) in [7, 11) is 0.